The fraction of sp³-hybridized carbons (Fsp3) is 0.0476. The van der Waals surface area contributed by atoms with Gasteiger partial charge < -0.3 is 37.3 Å². The molecule has 0 aliphatic rings. The minimum Gasteiger partial charge on any atom is -0.456 e. The number of nitrogens with zero attached hydrogens (tertiary/aromatic N) is 4. The summed E-state index contributed by atoms with van der Waals surface area (Å²) in [6.07, 6.45) is 0. The van der Waals surface area contributed by atoms with E-state index in [2.05, 4.69) is 486 Å². The van der Waals surface area contributed by atoms with E-state index < -0.39 is 0 Å². The third-order valence-electron chi connectivity index (χ3n) is 27.2. The molecule has 0 atom stereocenters. The highest BCUT2D eigenvalue weighted by atomic mass is 16.4. The standard InChI is InChI=1S/C64H48N2O2.C62H40N2O2/c1-37-27-39(3)63(40(4)28-37)65(47-25-23-43-15-7-9-17-45(43)31-47)55-34-59-61(51-21-13-11-19-49(51)55)53-33-54-58(36-57(53)67-59)68-60-35-56(50-20-12-14-22-52(50)62(54)60)66(64-41(5)29-38(2)30-42(64)6)48-26-24-44-16-8-10-18-46(44)32-48;1-5-15-41(16-6-1)43-25-30-49(31-26-43)63(47-19-9-3-10-20-47)51-34-29-45-38-56-54-35-36-55-60-53-24-14-13-23-52(53)57(40-59(60)66-62(55)61(54)65-58(56)39-46(45)37-51)64(48-21-11-4-12-22-48)50-32-27-44(28-33-50)42-17-7-2-8-18-42/h7-36H,1-6H3;1-40H. The quantitative estimate of drug-likeness (QED) is 0.107. The van der Waals surface area contributed by atoms with Gasteiger partial charge in [0.2, 0.25) is 0 Å². The molecule has 4 heterocycles. The van der Waals surface area contributed by atoms with Crippen LogP contribution in [0.1, 0.15) is 33.4 Å². The molecule has 22 aromatic carbocycles. The molecular formula is C126H88N4O4. The van der Waals surface area contributed by atoms with Crippen molar-refractivity contribution in [2.45, 2.75) is 41.5 Å². The summed E-state index contributed by atoms with van der Waals surface area (Å²) in [7, 11) is 0. The molecule has 8 heteroatoms. The van der Waals surface area contributed by atoms with E-state index in [9.17, 15) is 0 Å². The predicted octanol–water partition coefficient (Wildman–Crippen LogP) is 37.0. The van der Waals surface area contributed by atoms with E-state index in [1.165, 1.54) is 88.6 Å². The Bertz CT molecular complexity index is 8900. The summed E-state index contributed by atoms with van der Waals surface area (Å²) in [4.78, 5) is 9.52. The maximum absolute atomic E-state index is 7.02. The molecule has 0 radical (unpaired) electrons. The van der Waals surface area contributed by atoms with Crippen molar-refractivity contribution >= 4 is 221 Å². The van der Waals surface area contributed by atoms with Crippen molar-refractivity contribution in [3.05, 3.63) is 458 Å². The van der Waals surface area contributed by atoms with Gasteiger partial charge in [-0.2, -0.15) is 0 Å². The number of aryl methyl sites for hydroxylation is 6. The molecule has 0 aliphatic heterocycles. The van der Waals surface area contributed by atoms with Gasteiger partial charge in [-0.1, -0.05) is 296 Å². The highest BCUT2D eigenvalue weighted by Crippen LogP contribution is 2.54. The molecule has 4 aromatic heterocycles. The minimum atomic E-state index is 0.749. The van der Waals surface area contributed by atoms with Crippen LogP contribution in [0.4, 0.5) is 68.2 Å². The molecular weight excluding hydrogens is 1630 g/mol. The predicted molar refractivity (Wildman–Crippen MR) is 565 cm³/mol. The third-order valence-corrected chi connectivity index (χ3v) is 27.2. The lowest BCUT2D eigenvalue weighted by molar-refractivity contribution is 0.633. The average Bonchev–Trinajstić information content (AvgIpc) is 1.59. The molecule has 0 unspecified atom stereocenters. The molecule has 134 heavy (non-hydrogen) atoms. The van der Waals surface area contributed by atoms with E-state index in [-0.39, 0.29) is 0 Å². The van der Waals surface area contributed by atoms with E-state index >= 15 is 0 Å². The summed E-state index contributed by atoms with van der Waals surface area (Å²) >= 11 is 0. The van der Waals surface area contributed by atoms with Crippen molar-refractivity contribution in [2.75, 3.05) is 19.6 Å². The van der Waals surface area contributed by atoms with Crippen LogP contribution < -0.4 is 19.6 Å². The molecule has 0 saturated heterocycles. The molecule has 0 saturated carbocycles. The van der Waals surface area contributed by atoms with E-state index in [0.29, 0.717) is 0 Å². The number of para-hydroxylation sites is 2. The lowest BCUT2D eigenvalue weighted by Gasteiger charge is -2.30. The second-order valence-corrected chi connectivity index (χ2v) is 35.8. The molecule has 0 aliphatic carbocycles. The summed E-state index contributed by atoms with van der Waals surface area (Å²) in [5.74, 6) is 0. The van der Waals surface area contributed by atoms with E-state index in [0.717, 1.165) is 188 Å². The second kappa shape index (κ2) is 31.9. The number of hydrogen-bond donors (Lipinski definition) is 0. The summed E-state index contributed by atoms with van der Waals surface area (Å²) in [6.45, 7) is 13.3. The van der Waals surface area contributed by atoms with E-state index in [1.54, 1.807) is 0 Å². The first-order valence-corrected chi connectivity index (χ1v) is 46.0. The van der Waals surface area contributed by atoms with Crippen molar-refractivity contribution in [2.24, 2.45) is 0 Å². The Morgan fingerprint density at radius 3 is 0.948 bits per heavy atom. The molecule has 26 rings (SSSR count). The first-order valence-electron chi connectivity index (χ1n) is 46.0. The molecule has 0 N–H and O–H groups in total. The third kappa shape index (κ3) is 13.3. The first-order chi connectivity index (χ1) is 65.9. The van der Waals surface area contributed by atoms with Crippen LogP contribution in [0.2, 0.25) is 0 Å². The molecule has 26 aromatic rings. The number of furan rings is 4. The zero-order valence-electron chi connectivity index (χ0n) is 74.8. The van der Waals surface area contributed by atoms with Crippen LogP contribution in [0, 0.1) is 41.5 Å². The van der Waals surface area contributed by atoms with Gasteiger partial charge in [0.15, 0.2) is 11.2 Å². The average molecular weight is 1720 g/mol. The zero-order chi connectivity index (χ0) is 89.5. The Balaban J connectivity index is 0.000000143. The van der Waals surface area contributed by atoms with Crippen molar-refractivity contribution in [1.29, 1.82) is 0 Å². The van der Waals surface area contributed by atoms with Gasteiger partial charge in [0.25, 0.3) is 0 Å². The summed E-state index contributed by atoms with van der Waals surface area (Å²) in [5, 5.41) is 22.4. The SMILES string of the molecule is Cc1cc(C)c(N(c2ccc3ccccc3c2)c2cc3oc4cc5oc6cc(N(c7ccc8ccccc8c7)c7c(C)cc(C)cc7C)c7ccccc7c6c5cc4c3c3ccccc23)c(C)c1.c1ccc(-c2ccc(N(c3ccccc3)c3ccc4cc5c(cc4c3)oc3c5ccc4c3oc3cc(N(c5ccccc5)c5ccc(-c6ccccc6)cc5)c5ccccc5c34)cc2)cc1. The lowest BCUT2D eigenvalue weighted by Crippen LogP contribution is -2.13. The van der Waals surface area contributed by atoms with Gasteiger partial charge in [-0.15, -0.1) is 0 Å². The Morgan fingerprint density at radius 2 is 0.478 bits per heavy atom. The Labute approximate surface area is 774 Å². The fourth-order valence-corrected chi connectivity index (χ4v) is 21.4. The van der Waals surface area contributed by atoms with Crippen LogP contribution in [-0.2, 0) is 0 Å². The van der Waals surface area contributed by atoms with Gasteiger partial charge in [0, 0.05) is 123 Å². The van der Waals surface area contributed by atoms with E-state index in [4.69, 9.17) is 17.7 Å². The molecule has 0 fully saturated rings. The number of fused-ring (bicyclic) bond motifs is 22. The Hall–Kier alpha value is -17.2. The molecule has 0 amide bonds. The Morgan fingerprint density at radius 1 is 0.164 bits per heavy atom. The zero-order valence-corrected chi connectivity index (χ0v) is 74.8. The topological polar surface area (TPSA) is 65.5 Å². The summed E-state index contributed by atoms with van der Waals surface area (Å²) < 4.78 is 27.9. The highest BCUT2D eigenvalue weighted by molar-refractivity contribution is 6.30. The van der Waals surface area contributed by atoms with Crippen molar-refractivity contribution in [1.82, 2.24) is 0 Å². The maximum atomic E-state index is 7.02. The molecule has 636 valence electrons. The van der Waals surface area contributed by atoms with Crippen molar-refractivity contribution in [3.8, 4) is 22.3 Å². The number of hydrogen-bond acceptors (Lipinski definition) is 8. The number of rotatable bonds is 14. The first kappa shape index (κ1) is 79.0. The van der Waals surface area contributed by atoms with Gasteiger partial charge in [-0.25, -0.2) is 0 Å². The van der Waals surface area contributed by atoms with Crippen LogP contribution in [0.3, 0.4) is 0 Å². The van der Waals surface area contributed by atoms with Crippen LogP contribution in [0.25, 0.3) is 175 Å². The normalized spacial score (nSPS) is 11.8. The van der Waals surface area contributed by atoms with Crippen molar-refractivity contribution in [3.63, 3.8) is 0 Å². The largest absolute Gasteiger partial charge is 0.456 e. The van der Waals surface area contributed by atoms with Crippen LogP contribution in [-0.4, -0.2) is 0 Å². The summed E-state index contributed by atoms with van der Waals surface area (Å²) in [5.41, 5.74) is 31.6. The number of anilines is 12. The van der Waals surface area contributed by atoms with Gasteiger partial charge >= 0.3 is 0 Å². The smallest absolute Gasteiger partial charge is 0.178 e. The molecule has 0 bridgehead atoms. The maximum Gasteiger partial charge on any atom is 0.178 e. The number of benzene rings is 22. The van der Waals surface area contributed by atoms with Crippen molar-refractivity contribution < 1.29 is 17.7 Å². The van der Waals surface area contributed by atoms with Crippen LogP contribution in [0.15, 0.2) is 442 Å². The molecule has 0 spiro atoms. The van der Waals surface area contributed by atoms with Gasteiger partial charge in [0.05, 0.1) is 28.4 Å². The van der Waals surface area contributed by atoms with Crippen LogP contribution >= 0.6 is 0 Å². The highest BCUT2D eigenvalue weighted by Gasteiger charge is 2.30. The molecule has 8 nitrogen and oxygen atoms in total. The van der Waals surface area contributed by atoms with Gasteiger partial charge in [-0.3, -0.25) is 0 Å². The van der Waals surface area contributed by atoms with Gasteiger partial charge in [0.1, 0.15) is 33.5 Å². The second-order valence-electron chi connectivity index (χ2n) is 35.8. The summed E-state index contributed by atoms with van der Waals surface area (Å²) in [6, 6.07) is 153. The van der Waals surface area contributed by atoms with Crippen LogP contribution in [0.5, 0.6) is 0 Å². The fourth-order valence-electron chi connectivity index (χ4n) is 21.4. The van der Waals surface area contributed by atoms with Gasteiger partial charge in [-0.05, 0) is 250 Å². The minimum absolute atomic E-state index is 0.749. The monoisotopic (exact) mass is 1720 g/mol. The lowest BCUT2D eigenvalue weighted by atomic mass is 9.96. The van der Waals surface area contributed by atoms with E-state index in [1.807, 2.05) is 0 Å². The Kier molecular flexibility index (Phi) is 18.8.